The van der Waals surface area contributed by atoms with Crippen LogP contribution in [0.2, 0.25) is 0 Å². The lowest BCUT2D eigenvalue weighted by atomic mass is 9.58. The second-order valence-electron chi connectivity index (χ2n) is 16.0. The molecule has 2 aliphatic carbocycles. The monoisotopic (exact) mass is 714 g/mol. The fourth-order valence-electron chi connectivity index (χ4n) is 12.4. The Morgan fingerprint density at radius 2 is 1.02 bits per heavy atom. The molecule has 0 amide bonds. The van der Waals surface area contributed by atoms with Crippen LogP contribution in [0.3, 0.4) is 0 Å². The Kier molecular flexibility index (Phi) is 4.05. The molecular weight excluding hydrogens is 689 g/mol. The van der Waals surface area contributed by atoms with Gasteiger partial charge in [0.2, 0.25) is 0 Å². The molecule has 0 radical (unpaired) electrons. The van der Waals surface area contributed by atoms with Crippen LogP contribution in [0.1, 0.15) is 33.4 Å². The Labute approximate surface area is 316 Å². The van der Waals surface area contributed by atoms with Gasteiger partial charge >= 0.3 is 5.66 Å². The Balaban J connectivity index is 1.21. The Hall–Kier alpha value is -6.82. The van der Waals surface area contributed by atoms with Gasteiger partial charge in [-0.05, 0) is 51.6 Å². The van der Waals surface area contributed by atoms with Crippen molar-refractivity contribution in [1.29, 1.82) is 0 Å². The van der Waals surface area contributed by atoms with Crippen molar-refractivity contribution in [2.45, 2.75) is 11.1 Å². The summed E-state index contributed by atoms with van der Waals surface area (Å²) in [6.45, 7) is 0. The third kappa shape index (κ3) is 2.48. The normalized spacial score (nSPS) is 17.7. The summed E-state index contributed by atoms with van der Waals surface area (Å²) >= 11 is 1.90. The van der Waals surface area contributed by atoms with E-state index < -0.39 is 11.1 Å². The molecule has 0 saturated carbocycles. The van der Waals surface area contributed by atoms with Crippen molar-refractivity contribution in [3.8, 4) is 11.1 Å². The first kappa shape index (κ1) is 26.9. The highest BCUT2D eigenvalue weighted by molar-refractivity contribution is 7.25. The summed E-state index contributed by atoms with van der Waals surface area (Å²) in [7, 11) is 0. The zero-order chi connectivity index (χ0) is 35.1. The van der Waals surface area contributed by atoms with Crippen molar-refractivity contribution in [1.82, 2.24) is 8.80 Å². The molecule has 4 aliphatic rings. The van der Waals surface area contributed by atoms with Crippen molar-refractivity contribution < 1.29 is 9.13 Å². The number of thiophene rings is 1. The number of benzene rings is 7. The molecule has 250 valence electrons. The van der Waals surface area contributed by atoms with Crippen LogP contribution in [0.25, 0.3) is 85.9 Å². The number of nitrogens with zero attached hydrogens (tertiary/aromatic N) is 4. The molecular formula is C50H26N4S+2. The number of rotatable bonds is 0. The first-order valence-corrected chi connectivity index (χ1v) is 20.0. The summed E-state index contributed by atoms with van der Waals surface area (Å²) < 4.78 is 12.9. The maximum Gasteiger partial charge on any atom is 0.308 e. The van der Waals surface area contributed by atoms with E-state index in [1.165, 1.54) is 119 Å². The molecule has 0 bridgehead atoms. The quantitative estimate of drug-likeness (QED) is 0.110. The molecule has 1 atom stereocenters. The summed E-state index contributed by atoms with van der Waals surface area (Å²) in [5.74, 6) is 0. The van der Waals surface area contributed by atoms with E-state index in [-0.39, 0.29) is 0 Å². The minimum Gasteiger partial charge on any atom is -0.195 e. The number of pyridine rings is 2. The van der Waals surface area contributed by atoms with Crippen LogP contribution in [0.15, 0.2) is 158 Å². The fraction of sp³-hybridized carbons (Fsp3) is 0.0400. The number of fused-ring (bicyclic) bond motifs is 16. The van der Waals surface area contributed by atoms with Crippen molar-refractivity contribution in [3.63, 3.8) is 0 Å². The lowest BCUT2D eigenvalue weighted by Crippen LogP contribution is -2.72. The van der Waals surface area contributed by atoms with E-state index in [0.29, 0.717) is 0 Å². The Morgan fingerprint density at radius 1 is 0.436 bits per heavy atom. The predicted molar refractivity (Wildman–Crippen MR) is 221 cm³/mol. The number of aromatic nitrogens is 4. The first-order chi connectivity index (χ1) is 27.3. The van der Waals surface area contributed by atoms with Gasteiger partial charge in [-0.2, -0.15) is 17.9 Å². The summed E-state index contributed by atoms with van der Waals surface area (Å²) in [5, 5.41) is 10.6. The number of para-hydroxylation sites is 1. The van der Waals surface area contributed by atoms with E-state index in [9.17, 15) is 0 Å². The van der Waals surface area contributed by atoms with Gasteiger partial charge < -0.3 is 0 Å². The largest absolute Gasteiger partial charge is 0.308 e. The Morgan fingerprint density at radius 3 is 1.73 bits per heavy atom. The number of hydrogen-bond acceptors (Lipinski definition) is 1. The van der Waals surface area contributed by atoms with Crippen LogP contribution < -0.4 is 9.13 Å². The van der Waals surface area contributed by atoms with Crippen LogP contribution in [0, 0.1) is 0 Å². The molecule has 5 heteroatoms. The maximum absolute atomic E-state index is 2.64. The summed E-state index contributed by atoms with van der Waals surface area (Å²) in [4.78, 5) is 0. The smallest absolute Gasteiger partial charge is 0.195 e. The average molecular weight is 715 g/mol. The molecule has 4 nitrogen and oxygen atoms in total. The standard InChI is InChI=1S/C50H26N4S/c1-5-13-35-27(9-1)28-10-2-6-14-36(28)49(35)37-19-17-31-29-11-3-7-15-39(29)51-21-23-53-47(51)43(31)45(37)50(53)46-38(49)20-18-32-33-25-34-30-12-4-8-16-41(30)55-42(34)26-40(33)52-22-24-54(50)48(52)44(32)46/h1-26H/q+2. The van der Waals surface area contributed by atoms with Gasteiger partial charge in [0.25, 0.3) is 11.3 Å². The van der Waals surface area contributed by atoms with Crippen LogP contribution >= 0.6 is 11.3 Å². The lowest BCUT2D eigenvalue weighted by molar-refractivity contribution is -0.944. The van der Waals surface area contributed by atoms with Gasteiger partial charge in [-0.3, -0.25) is 0 Å². The topological polar surface area (TPSA) is 16.6 Å². The van der Waals surface area contributed by atoms with Gasteiger partial charge in [0.05, 0.1) is 27.3 Å². The van der Waals surface area contributed by atoms with Crippen LogP contribution in [-0.4, -0.2) is 8.80 Å². The van der Waals surface area contributed by atoms with Crippen molar-refractivity contribution in [2.24, 2.45) is 0 Å². The van der Waals surface area contributed by atoms with E-state index in [1.807, 2.05) is 11.3 Å². The number of imidazole rings is 2. The third-order valence-corrected chi connectivity index (χ3v) is 15.3. The molecule has 0 N–H and O–H groups in total. The fourth-order valence-corrected chi connectivity index (χ4v) is 13.5. The predicted octanol–water partition coefficient (Wildman–Crippen LogP) is 10.3. The summed E-state index contributed by atoms with van der Waals surface area (Å²) in [6, 6.07) is 51.2. The average Bonchev–Trinajstić information content (AvgIpc) is 4.08. The molecule has 5 aromatic heterocycles. The van der Waals surface area contributed by atoms with Crippen molar-refractivity contribution in [2.75, 3.05) is 0 Å². The van der Waals surface area contributed by atoms with E-state index in [0.717, 1.165) is 0 Å². The second-order valence-corrected chi connectivity index (χ2v) is 17.1. The van der Waals surface area contributed by atoms with E-state index in [4.69, 9.17) is 0 Å². The zero-order valence-electron chi connectivity index (χ0n) is 29.2. The van der Waals surface area contributed by atoms with Gasteiger partial charge in [-0.1, -0.05) is 109 Å². The molecule has 16 rings (SSSR count). The highest BCUT2D eigenvalue weighted by atomic mass is 32.1. The zero-order valence-corrected chi connectivity index (χ0v) is 30.0. The van der Waals surface area contributed by atoms with Gasteiger partial charge in [-0.15, -0.1) is 11.3 Å². The van der Waals surface area contributed by atoms with Crippen LogP contribution in [0.4, 0.5) is 0 Å². The van der Waals surface area contributed by atoms with E-state index >= 15 is 0 Å². The molecule has 55 heavy (non-hydrogen) atoms. The minimum atomic E-state index is -0.603. The first-order valence-electron chi connectivity index (χ1n) is 19.2. The molecule has 0 fully saturated rings. The second kappa shape index (κ2) is 8.29. The minimum absolute atomic E-state index is 0.486. The summed E-state index contributed by atoms with van der Waals surface area (Å²) in [5.41, 5.74) is 15.0. The Bertz CT molecular complexity index is 3870. The highest BCUT2D eigenvalue weighted by Crippen LogP contribution is 2.65. The molecule has 7 heterocycles. The van der Waals surface area contributed by atoms with Gasteiger partial charge in [0.1, 0.15) is 35.8 Å². The van der Waals surface area contributed by atoms with Crippen molar-refractivity contribution in [3.05, 3.63) is 192 Å². The van der Waals surface area contributed by atoms with Gasteiger partial charge in [0.15, 0.2) is 0 Å². The van der Waals surface area contributed by atoms with Crippen LogP contribution in [0.5, 0.6) is 0 Å². The highest BCUT2D eigenvalue weighted by Gasteiger charge is 2.69. The van der Waals surface area contributed by atoms with E-state index in [1.54, 1.807) is 0 Å². The van der Waals surface area contributed by atoms with Gasteiger partial charge in [-0.25, -0.2) is 0 Å². The molecule has 1 unspecified atom stereocenters. The molecule has 0 saturated heterocycles. The number of hydrogen-bond donors (Lipinski definition) is 0. The third-order valence-electron chi connectivity index (χ3n) is 14.2. The molecule has 7 aromatic carbocycles. The molecule has 12 aromatic rings. The van der Waals surface area contributed by atoms with Crippen molar-refractivity contribution >= 4 is 86.2 Å². The van der Waals surface area contributed by atoms with E-state index in [2.05, 4.69) is 176 Å². The van der Waals surface area contributed by atoms with Gasteiger partial charge in [0, 0.05) is 47.8 Å². The SMILES string of the molecule is c1ccc2c(c1)-c1ccccc1C21c2ccc3c4ccccc4n4cc[n+]5c4c3c2C52c3c1ccc1c4cc5c(cc4n4cc[n+]2c4c31)sc1ccccc15. The van der Waals surface area contributed by atoms with Crippen LogP contribution in [-0.2, 0) is 11.1 Å². The summed E-state index contributed by atoms with van der Waals surface area (Å²) in [6.07, 6.45) is 9.38. The lowest BCUT2D eigenvalue weighted by Gasteiger charge is -2.43. The molecule has 2 spiro atoms. The maximum atomic E-state index is 2.64. The molecule has 2 aliphatic heterocycles.